The molecule has 0 nitrogen and oxygen atoms in total. The maximum atomic E-state index is 3.63. The summed E-state index contributed by atoms with van der Waals surface area (Å²) in [6.45, 7) is 4.61. The Morgan fingerprint density at radius 1 is 0.882 bits per heavy atom. The molecule has 0 aliphatic heterocycles. The molecular formula is C15H16BrP. The molecule has 0 amide bonds. The lowest BCUT2D eigenvalue weighted by molar-refractivity contribution is 0.778. The Hall–Kier alpha value is -0.650. The van der Waals surface area contributed by atoms with E-state index in [2.05, 4.69) is 84.4 Å². The highest BCUT2D eigenvalue weighted by atomic mass is 79.9. The van der Waals surface area contributed by atoms with Crippen LogP contribution >= 0.6 is 24.5 Å². The van der Waals surface area contributed by atoms with E-state index in [0.717, 1.165) is 8.58 Å². The number of halogens is 1. The van der Waals surface area contributed by atoms with E-state index < -0.39 is 0 Å². The average molecular weight is 307 g/mol. The van der Waals surface area contributed by atoms with Gasteiger partial charge < -0.3 is 0 Å². The van der Waals surface area contributed by atoms with Gasteiger partial charge in [-0.15, -0.1) is 0 Å². The second-order valence-electron chi connectivity index (χ2n) is 4.60. The first-order valence-electron chi connectivity index (χ1n) is 5.68. The molecule has 0 heterocycles. The summed E-state index contributed by atoms with van der Waals surface area (Å²) in [6, 6.07) is 19.2. The van der Waals surface area contributed by atoms with E-state index in [-0.39, 0.29) is 5.16 Å². The number of rotatable bonds is 3. The molecular weight excluding hydrogens is 291 g/mol. The van der Waals surface area contributed by atoms with Gasteiger partial charge in [-0.25, -0.2) is 0 Å². The third-order valence-electron chi connectivity index (χ3n) is 2.82. The Labute approximate surface area is 113 Å². The van der Waals surface area contributed by atoms with Crippen molar-refractivity contribution < 1.29 is 0 Å². The van der Waals surface area contributed by atoms with Crippen molar-refractivity contribution >= 4 is 29.8 Å². The molecule has 0 aromatic heterocycles. The molecule has 0 bridgehead atoms. The van der Waals surface area contributed by atoms with Crippen LogP contribution in [-0.2, 0) is 5.16 Å². The van der Waals surface area contributed by atoms with E-state index in [9.17, 15) is 0 Å². The molecule has 2 aromatic carbocycles. The molecule has 2 aromatic rings. The van der Waals surface area contributed by atoms with Crippen molar-refractivity contribution in [2.75, 3.05) is 0 Å². The molecule has 0 aliphatic carbocycles. The van der Waals surface area contributed by atoms with Crippen LogP contribution in [0.3, 0.4) is 0 Å². The molecule has 2 heteroatoms. The molecule has 1 unspecified atom stereocenters. The minimum atomic E-state index is 0.186. The number of hydrogen-bond donors (Lipinski definition) is 0. The summed E-state index contributed by atoms with van der Waals surface area (Å²) in [6.07, 6.45) is 0. The van der Waals surface area contributed by atoms with Crippen molar-refractivity contribution in [1.29, 1.82) is 0 Å². The second-order valence-corrected chi connectivity index (χ2v) is 7.49. The summed E-state index contributed by atoms with van der Waals surface area (Å²) in [7, 11) is 0.761. The molecule has 2 rings (SSSR count). The van der Waals surface area contributed by atoms with Gasteiger partial charge in [0.05, 0.1) is 0 Å². The lowest BCUT2D eigenvalue weighted by Gasteiger charge is -2.26. The Balaban J connectivity index is 2.27. The Morgan fingerprint density at radius 3 is 2.12 bits per heavy atom. The Morgan fingerprint density at radius 2 is 1.47 bits per heavy atom. The van der Waals surface area contributed by atoms with E-state index in [0.29, 0.717) is 0 Å². The fraction of sp³-hybridized carbons (Fsp3) is 0.200. The van der Waals surface area contributed by atoms with Crippen molar-refractivity contribution in [1.82, 2.24) is 0 Å². The van der Waals surface area contributed by atoms with Gasteiger partial charge in [-0.2, -0.15) is 0 Å². The molecule has 0 spiro atoms. The van der Waals surface area contributed by atoms with E-state index in [1.165, 1.54) is 15.3 Å². The van der Waals surface area contributed by atoms with E-state index >= 15 is 0 Å². The van der Waals surface area contributed by atoms with Gasteiger partial charge in [0.2, 0.25) is 0 Å². The SMILES string of the molecule is CC(C)(Pc1ccccc1Br)c1ccccc1. The van der Waals surface area contributed by atoms with Gasteiger partial charge in [0.25, 0.3) is 0 Å². The van der Waals surface area contributed by atoms with Gasteiger partial charge >= 0.3 is 0 Å². The lowest BCUT2D eigenvalue weighted by atomic mass is 10.0. The average Bonchev–Trinajstić information content (AvgIpc) is 2.33. The summed E-state index contributed by atoms with van der Waals surface area (Å²) in [5, 5.41) is 1.58. The van der Waals surface area contributed by atoms with Gasteiger partial charge in [-0.1, -0.05) is 86.9 Å². The maximum absolute atomic E-state index is 3.63. The summed E-state index contributed by atoms with van der Waals surface area (Å²) >= 11 is 3.63. The minimum Gasteiger partial charge on any atom is -0.0788 e. The van der Waals surface area contributed by atoms with Crippen LogP contribution in [0.4, 0.5) is 0 Å². The van der Waals surface area contributed by atoms with Crippen molar-refractivity contribution in [3.05, 3.63) is 64.6 Å². The van der Waals surface area contributed by atoms with Gasteiger partial charge in [0.1, 0.15) is 0 Å². The first kappa shape index (κ1) is 12.8. The van der Waals surface area contributed by atoms with Crippen LogP contribution in [-0.4, -0.2) is 0 Å². The van der Waals surface area contributed by atoms with Crippen molar-refractivity contribution in [2.45, 2.75) is 19.0 Å². The highest BCUT2D eigenvalue weighted by molar-refractivity contribution is 9.10. The molecule has 0 fully saturated rings. The van der Waals surface area contributed by atoms with Crippen LogP contribution in [0.15, 0.2) is 59.1 Å². The Kier molecular flexibility index (Phi) is 4.01. The third kappa shape index (κ3) is 3.18. The standard InChI is InChI=1S/C15H16BrP/c1-15(2,12-8-4-3-5-9-12)17-14-11-7-6-10-13(14)16/h3-11,17H,1-2H3. The lowest BCUT2D eigenvalue weighted by Crippen LogP contribution is -2.15. The zero-order valence-electron chi connectivity index (χ0n) is 10.1. The largest absolute Gasteiger partial charge is 0.0788 e. The fourth-order valence-corrected chi connectivity index (χ4v) is 3.78. The smallest absolute Gasteiger partial charge is 0.0249 e. The molecule has 17 heavy (non-hydrogen) atoms. The summed E-state index contributed by atoms with van der Waals surface area (Å²) in [5.41, 5.74) is 1.40. The predicted octanol–water partition coefficient (Wildman–Crippen LogP) is 4.69. The van der Waals surface area contributed by atoms with Gasteiger partial charge in [0, 0.05) is 9.63 Å². The third-order valence-corrected chi connectivity index (χ3v) is 5.49. The summed E-state index contributed by atoms with van der Waals surface area (Å²) < 4.78 is 1.21. The van der Waals surface area contributed by atoms with Gasteiger partial charge in [-0.05, 0) is 16.9 Å². The quantitative estimate of drug-likeness (QED) is 0.722. The van der Waals surface area contributed by atoms with Crippen LogP contribution in [0, 0.1) is 0 Å². The van der Waals surface area contributed by atoms with Crippen LogP contribution in [0.2, 0.25) is 0 Å². The zero-order valence-corrected chi connectivity index (χ0v) is 12.7. The van der Waals surface area contributed by atoms with Crippen molar-refractivity contribution in [3.8, 4) is 0 Å². The van der Waals surface area contributed by atoms with Gasteiger partial charge in [0.15, 0.2) is 0 Å². The molecule has 1 atom stereocenters. The molecule has 0 radical (unpaired) electrons. The molecule has 0 saturated heterocycles. The van der Waals surface area contributed by atoms with Crippen LogP contribution in [0.5, 0.6) is 0 Å². The highest BCUT2D eigenvalue weighted by Crippen LogP contribution is 2.41. The highest BCUT2D eigenvalue weighted by Gasteiger charge is 2.21. The second kappa shape index (κ2) is 5.33. The van der Waals surface area contributed by atoms with E-state index in [1.54, 1.807) is 0 Å². The molecule has 0 N–H and O–H groups in total. The molecule has 88 valence electrons. The fourth-order valence-electron chi connectivity index (χ4n) is 1.83. The van der Waals surface area contributed by atoms with Crippen molar-refractivity contribution in [3.63, 3.8) is 0 Å². The first-order valence-corrected chi connectivity index (χ1v) is 7.47. The topological polar surface area (TPSA) is 0 Å². The van der Waals surface area contributed by atoms with Crippen LogP contribution in [0.1, 0.15) is 19.4 Å². The van der Waals surface area contributed by atoms with Crippen LogP contribution < -0.4 is 5.30 Å². The summed E-state index contributed by atoms with van der Waals surface area (Å²) in [4.78, 5) is 0. The zero-order chi connectivity index (χ0) is 12.3. The number of benzene rings is 2. The van der Waals surface area contributed by atoms with E-state index in [4.69, 9.17) is 0 Å². The molecule has 0 aliphatic rings. The normalized spacial score (nSPS) is 12.2. The minimum absolute atomic E-state index is 0.186. The Bertz CT molecular complexity index is 491. The molecule has 0 saturated carbocycles. The predicted molar refractivity (Wildman–Crippen MR) is 81.6 cm³/mol. The summed E-state index contributed by atoms with van der Waals surface area (Å²) in [5.74, 6) is 0. The number of hydrogen-bond acceptors (Lipinski definition) is 0. The van der Waals surface area contributed by atoms with Crippen LogP contribution in [0.25, 0.3) is 0 Å². The first-order chi connectivity index (χ1) is 8.09. The maximum Gasteiger partial charge on any atom is 0.0249 e. The van der Waals surface area contributed by atoms with Crippen molar-refractivity contribution in [2.24, 2.45) is 0 Å². The monoisotopic (exact) mass is 306 g/mol. The van der Waals surface area contributed by atoms with E-state index in [1.807, 2.05) is 0 Å². The van der Waals surface area contributed by atoms with Gasteiger partial charge in [-0.3, -0.25) is 0 Å².